The average molecular weight is 405 g/mol. The summed E-state index contributed by atoms with van der Waals surface area (Å²) in [6.07, 6.45) is 5.60. The number of aromatic nitrogens is 3. The van der Waals surface area contributed by atoms with Gasteiger partial charge in [0.15, 0.2) is 17.1 Å². The minimum atomic E-state index is -0.267. The zero-order valence-electron chi connectivity index (χ0n) is 16.7. The van der Waals surface area contributed by atoms with Crippen LogP contribution in [-0.2, 0) is 11.8 Å². The van der Waals surface area contributed by atoms with Gasteiger partial charge in [-0.05, 0) is 44.0 Å². The van der Waals surface area contributed by atoms with Crippen LogP contribution in [0.5, 0.6) is 11.5 Å². The van der Waals surface area contributed by atoms with Gasteiger partial charge >= 0.3 is 0 Å². The quantitative estimate of drug-likeness (QED) is 0.679. The number of methoxy groups -OCH3 is 1. The third-order valence-electron chi connectivity index (χ3n) is 4.91. The molecule has 0 saturated heterocycles. The fourth-order valence-corrected chi connectivity index (χ4v) is 4.09. The predicted octanol–water partition coefficient (Wildman–Crippen LogP) is 3.50. The van der Waals surface area contributed by atoms with Crippen molar-refractivity contribution in [3.8, 4) is 11.5 Å². The molecule has 0 radical (unpaired) electrons. The Labute approximate surface area is 170 Å². The van der Waals surface area contributed by atoms with Gasteiger partial charge in [0, 0.05) is 13.1 Å². The summed E-state index contributed by atoms with van der Waals surface area (Å²) in [5.74, 6) is 2.63. The number of ether oxygens (including phenoxy) is 2. The van der Waals surface area contributed by atoms with Crippen LogP contribution in [0.1, 0.15) is 51.0 Å². The molecule has 1 aromatic carbocycles. The van der Waals surface area contributed by atoms with Crippen LogP contribution in [0.15, 0.2) is 29.4 Å². The standard InChI is InChI=1S/C20H28N4O3S/c1-14(27-17-11-9-16(26-3)10-12-17)19-22-23-20(24(19)2)28-13-18(25)21-15-7-5-4-6-8-15/h9-12,14-15H,4-8,13H2,1-3H3,(H,21,25). The number of thioether (sulfide) groups is 1. The summed E-state index contributed by atoms with van der Waals surface area (Å²) < 4.78 is 13.0. The maximum Gasteiger partial charge on any atom is 0.230 e. The molecule has 1 saturated carbocycles. The molecule has 1 aliphatic carbocycles. The lowest BCUT2D eigenvalue weighted by Crippen LogP contribution is -2.37. The SMILES string of the molecule is COc1ccc(OC(C)c2nnc(SCC(=O)NC3CCCCC3)n2C)cc1. The Bertz CT molecular complexity index is 772. The monoisotopic (exact) mass is 404 g/mol. The predicted molar refractivity (Wildman–Crippen MR) is 109 cm³/mol. The maximum absolute atomic E-state index is 12.2. The van der Waals surface area contributed by atoms with E-state index in [1.165, 1.54) is 31.0 Å². The Balaban J connectivity index is 1.52. The van der Waals surface area contributed by atoms with E-state index in [1.54, 1.807) is 7.11 Å². The Kier molecular flexibility index (Phi) is 7.19. The molecule has 152 valence electrons. The maximum atomic E-state index is 12.2. The number of rotatable bonds is 8. The van der Waals surface area contributed by atoms with E-state index >= 15 is 0 Å². The molecule has 8 heteroatoms. The van der Waals surface area contributed by atoms with Crippen molar-refractivity contribution in [1.29, 1.82) is 0 Å². The van der Waals surface area contributed by atoms with Gasteiger partial charge in [-0.15, -0.1) is 10.2 Å². The van der Waals surface area contributed by atoms with E-state index < -0.39 is 0 Å². The smallest absolute Gasteiger partial charge is 0.230 e. The van der Waals surface area contributed by atoms with Crippen molar-refractivity contribution in [3.05, 3.63) is 30.1 Å². The van der Waals surface area contributed by atoms with Gasteiger partial charge in [-0.3, -0.25) is 4.79 Å². The third kappa shape index (κ3) is 5.41. The highest BCUT2D eigenvalue weighted by Crippen LogP contribution is 2.25. The number of amides is 1. The number of nitrogens with one attached hydrogen (secondary N) is 1. The highest BCUT2D eigenvalue weighted by Gasteiger charge is 2.19. The van der Waals surface area contributed by atoms with Crippen molar-refractivity contribution in [2.75, 3.05) is 12.9 Å². The van der Waals surface area contributed by atoms with Crippen LogP contribution in [0.2, 0.25) is 0 Å². The Morgan fingerprint density at radius 2 is 1.89 bits per heavy atom. The molecule has 2 aromatic rings. The third-order valence-corrected chi connectivity index (χ3v) is 5.93. The molecule has 1 heterocycles. The summed E-state index contributed by atoms with van der Waals surface area (Å²) in [5, 5.41) is 12.3. The number of benzene rings is 1. The van der Waals surface area contributed by atoms with Gasteiger partial charge in [0.25, 0.3) is 0 Å². The molecule has 28 heavy (non-hydrogen) atoms. The number of hydrogen-bond acceptors (Lipinski definition) is 6. The van der Waals surface area contributed by atoms with Crippen molar-refractivity contribution in [2.45, 2.75) is 56.3 Å². The highest BCUT2D eigenvalue weighted by atomic mass is 32.2. The second-order valence-corrected chi connectivity index (χ2v) is 7.97. The molecule has 1 unspecified atom stereocenters. The summed E-state index contributed by atoms with van der Waals surface area (Å²) in [7, 11) is 3.53. The first kappa shape index (κ1) is 20.5. The fourth-order valence-electron chi connectivity index (χ4n) is 3.36. The number of nitrogens with zero attached hydrogens (tertiary/aromatic N) is 3. The van der Waals surface area contributed by atoms with Crippen molar-refractivity contribution in [3.63, 3.8) is 0 Å². The van der Waals surface area contributed by atoms with Crippen LogP contribution in [0.3, 0.4) is 0 Å². The molecule has 1 amide bonds. The fraction of sp³-hybridized carbons (Fsp3) is 0.550. The summed E-state index contributed by atoms with van der Waals surface area (Å²) in [6.45, 7) is 1.93. The van der Waals surface area contributed by atoms with Gasteiger partial charge in [-0.1, -0.05) is 31.0 Å². The minimum absolute atomic E-state index is 0.0592. The van der Waals surface area contributed by atoms with Crippen molar-refractivity contribution >= 4 is 17.7 Å². The van der Waals surface area contributed by atoms with E-state index in [4.69, 9.17) is 9.47 Å². The molecular formula is C20H28N4O3S. The molecule has 0 bridgehead atoms. The first-order chi connectivity index (χ1) is 13.6. The zero-order chi connectivity index (χ0) is 19.9. The van der Waals surface area contributed by atoms with Crippen molar-refractivity contribution < 1.29 is 14.3 Å². The van der Waals surface area contributed by atoms with Crippen LogP contribution < -0.4 is 14.8 Å². The van der Waals surface area contributed by atoms with Gasteiger partial charge in [0.05, 0.1) is 12.9 Å². The van der Waals surface area contributed by atoms with Crippen molar-refractivity contribution in [2.24, 2.45) is 7.05 Å². The summed E-state index contributed by atoms with van der Waals surface area (Å²) in [5.41, 5.74) is 0. The van der Waals surface area contributed by atoms with E-state index in [-0.39, 0.29) is 12.0 Å². The molecule has 1 atom stereocenters. The molecule has 3 rings (SSSR count). The molecule has 0 spiro atoms. The van der Waals surface area contributed by atoms with Gasteiger partial charge in [0.1, 0.15) is 11.5 Å². The normalized spacial score (nSPS) is 15.8. The van der Waals surface area contributed by atoms with Gasteiger partial charge < -0.3 is 19.4 Å². The second kappa shape index (κ2) is 9.82. The Morgan fingerprint density at radius 3 is 2.57 bits per heavy atom. The van der Waals surface area contributed by atoms with E-state index in [0.717, 1.165) is 24.3 Å². The van der Waals surface area contributed by atoms with Gasteiger partial charge in [0.2, 0.25) is 5.91 Å². The molecule has 1 aromatic heterocycles. The summed E-state index contributed by atoms with van der Waals surface area (Å²) in [4.78, 5) is 12.2. The topological polar surface area (TPSA) is 78.3 Å². The molecule has 7 nitrogen and oxygen atoms in total. The lowest BCUT2D eigenvalue weighted by molar-refractivity contribution is -0.119. The highest BCUT2D eigenvalue weighted by molar-refractivity contribution is 7.99. The summed E-state index contributed by atoms with van der Waals surface area (Å²) >= 11 is 1.40. The van der Waals surface area contributed by atoms with Crippen LogP contribution in [0.4, 0.5) is 0 Å². The molecule has 0 aliphatic heterocycles. The molecule has 1 aliphatic rings. The Hall–Kier alpha value is -2.22. The van der Waals surface area contributed by atoms with Gasteiger partial charge in [-0.25, -0.2) is 0 Å². The second-order valence-electron chi connectivity index (χ2n) is 7.03. The number of carbonyl (C=O) groups is 1. The van der Waals surface area contributed by atoms with Crippen LogP contribution >= 0.6 is 11.8 Å². The van der Waals surface area contributed by atoms with Crippen LogP contribution in [0.25, 0.3) is 0 Å². The Morgan fingerprint density at radius 1 is 1.21 bits per heavy atom. The largest absolute Gasteiger partial charge is 0.497 e. The van der Waals surface area contributed by atoms with E-state index in [1.807, 2.05) is 42.8 Å². The van der Waals surface area contributed by atoms with E-state index in [2.05, 4.69) is 15.5 Å². The lowest BCUT2D eigenvalue weighted by Gasteiger charge is -2.22. The van der Waals surface area contributed by atoms with E-state index in [9.17, 15) is 4.79 Å². The number of carbonyl (C=O) groups excluding carboxylic acids is 1. The average Bonchev–Trinajstić information content (AvgIpc) is 3.08. The van der Waals surface area contributed by atoms with Crippen LogP contribution in [0, 0.1) is 0 Å². The first-order valence-electron chi connectivity index (χ1n) is 9.69. The molecular weight excluding hydrogens is 376 g/mol. The number of hydrogen-bond donors (Lipinski definition) is 1. The van der Waals surface area contributed by atoms with Gasteiger partial charge in [-0.2, -0.15) is 0 Å². The van der Waals surface area contributed by atoms with Crippen LogP contribution in [-0.4, -0.2) is 39.6 Å². The summed E-state index contributed by atoms with van der Waals surface area (Å²) in [6, 6.07) is 7.75. The zero-order valence-corrected chi connectivity index (χ0v) is 17.5. The van der Waals surface area contributed by atoms with E-state index in [0.29, 0.717) is 22.8 Å². The lowest BCUT2D eigenvalue weighted by atomic mass is 9.95. The minimum Gasteiger partial charge on any atom is -0.497 e. The molecule has 1 N–H and O–H groups in total. The van der Waals surface area contributed by atoms with Crippen molar-refractivity contribution in [1.82, 2.24) is 20.1 Å². The first-order valence-corrected chi connectivity index (χ1v) is 10.7. The molecule has 1 fully saturated rings.